The predicted molar refractivity (Wildman–Crippen MR) is 71.6 cm³/mol. The molecule has 0 aliphatic rings. The molecule has 2 atom stereocenters. The van der Waals surface area contributed by atoms with E-state index in [0.717, 1.165) is 7.11 Å². The van der Waals surface area contributed by atoms with Crippen LogP contribution in [0.4, 0.5) is 13.2 Å². The van der Waals surface area contributed by atoms with Crippen LogP contribution in [-0.4, -0.2) is 25.4 Å². The second-order valence-corrected chi connectivity index (χ2v) is 4.34. The van der Waals surface area contributed by atoms with Gasteiger partial charge >= 0.3 is 12.1 Å². The van der Waals surface area contributed by atoms with Gasteiger partial charge in [0.05, 0.1) is 0 Å². The van der Waals surface area contributed by atoms with E-state index >= 15 is 0 Å². The number of hydrogen-bond donors (Lipinski definition) is 0. The number of rotatable bonds is 6. The Bertz CT molecular complexity index is 485. The predicted octanol–water partition coefficient (Wildman–Crippen LogP) is 3.60. The van der Waals surface area contributed by atoms with Crippen molar-refractivity contribution in [3.05, 3.63) is 48.6 Å². The van der Waals surface area contributed by atoms with E-state index in [0.29, 0.717) is 6.42 Å². The Balaban J connectivity index is 3.32. The van der Waals surface area contributed by atoms with Gasteiger partial charge in [0.25, 0.3) is 5.60 Å². The molecule has 0 saturated carbocycles. The number of carbonyl (C=O) groups is 1. The quantitative estimate of drug-likeness (QED) is 0.595. The molecule has 1 unspecified atom stereocenters. The second kappa shape index (κ2) is 6.76. The van der Waals surface area contributed by atoms with Crippen LogP contribution >= 0.6 is 0 Å². The van der Waals surface area contributed by atoms with Crippen molar-refractivity contribution in [1.82, 2.24) is 0 Å². The summed E-state index contributed by atoms with van der Waals surface area (Å²) >= 11 is 0. The molecule has 0 heterocycles. The van der Waals surface area contributed by atoms with Crippen molar-refractivity contribution in [2.75, 3.05) is 7.11 Å². The molecule has 0 aliphatic carbocycles. The number of carbonyl (C=O) groups excluding carboxylic acids is 1. The van der Waals surface area contributed by atoms with Gasteiger partial charge in [0.15, 0.2) is 0 Å². The molecule has 1 rings (SSSR count). The Hall–Kier alpha value is -1.82. The van der Waals surface area contributed by atoms with Crippen LogP contribution in [0.3, 0.4) is 0 Å². The molecule has 116 valence electrons. The van der Waals surface area contributed by atoms with Crippen LogP contribution in [0, 0.1) is 0 Å². The highest BCUT2D eigenvalue weighted by Crippen LogP contribution is 2.43. The number of alkyl halides is 3. The van der Waals surface area contributed by atoms with Crippen molar-refractivity contribution in [1.29, 1.82) is 0 Å². The van der Waals surface area contributed by atoms with Crippen molar-refractivity contribution in [3.63, 3.8) is 0 Å². The second-order valence-electron chi connectivity index (χ2n) is 4.34. The summed E-state index contributed by atoms with van der Waals surface area (Å²) in [6.07, 6.45) is -4.17. The third-order valence-corrected chi connectivity index (χ3v) is 3.10. The average Bonchev–Trinajstić information content (AvgIpc) is 2.45. The number of esters is 1. The van der Waals surface area contributed by atoms with Gasteiger partial charge in [0, 0.05) is 12.7 Å². The molecule has 3 nitrogen and oxygen atoms in total. The number of benzene rings is 1. The van der Waals surface area contributed by atoms with Gasteiger partial charge in [-0.2, -0.15) is 13.2 Å². The van der Waals surface area contributed by atoms with Crippen LogP contribution in [0.15, 0.2) is 43.0 Å². The molecule has 0 amide bonds. The minimum Gasteiger partial charge on any atom is -0.455 e. The van der Waals surface area contributed by atoms with Gasteiger partial charge in [0.2, 0.25) is 0 Å². The minimum absolute atomic E-state index is 0.321. The van der Waals surface area contributed by atoms with Gasteiger partial charge in [-0.3, -0.25) is 0 Å². The van der Waals surface area contributed by atoms with Crippen LogP contribution in [-0.2, 0) is 19.9 Å². The fraction of sp³-hybridized carbons (Fsp3) is 0.400. The Morgan fingerprint density at radius 2 is 1.90 bits per heavy atom. The van der Waals surface area contributed by atoms with E-state index < -0.39 is 23.9 Å². The van der Waals surface area contributed by atoms with E-state index in [4.69, 9.17) is 4.74 Å². The molecule has 0 saturated heterocycles. The lowest BCUT2D eigenvalue weighted by Crippen LogP contribution is -2.52. The summed E-state index contributed by atoms with van der Waals surface area (Å²) in [5, 5.41) is 0. The molecule has 0 fully saturated rings. The van der Waals surface area contributed by atoms with Crippen LogP contribution < -0.4 is 0 Å². The summed E-state index contributed by atoms with van der Waals surface area (Å²) in [5.74, 6) is -1.50. The zero-order valence-corrected chi connectivity index (χ0v) is 11.8. The molecule has 0 aromatic heterocycles. The topological polar surface area (TPSA) is 35.5 Å². The van der Waals surface area contributed by atoms with E-state index in [1.54, 1.807) is 13.0 Å². The van der Waals surface area contributed by atoms with E-state index in [-0.39, 0.29) is 5.56 Å². The highest BCUT2D eigenvalue weighted by atomic mass is 19.4. The zero-order valence-electron chi connectivity index (χ0n) is 11.8. The van der Waals surface area contributed by atoms with E-state index in [9.17, 15) is 18.0 Å². The van der Waals surface area contributed by atoms with Crippen molar-refractivity contribution < 1.29 is 27.4 Å². The van der Waals surface area contributed by atoms with Crippen molar-refractivity contribution in [3.8, 4) is 0 Å². The lowest BCUT2D eigenvalue weighted by Gasteiger charge is -2.33. The van der Waals surface area contributed by atoms with Crippen molar-refractivity contribution >= 4 is 5.97 Å². The van der Waals surface area contributed by atoms with Gasteiger partial charge in [-0.1, -0.05) is 49.9 Å². The van der Waals surface area contributed by atoms with E-state index in [2.05, 4.69) is 11.3 Å². The number of hydrogen-bond acceptors (Lipinski definition) is 3. The first kappa shape index (κ1) is 17.2. The maximum atomic E-state index is 13.5. The summed E-state index contributed by atoms with van der Waals surface area (Å²) < 4.78 is 50.0. The third kappa shape index (κ3) is 3.26. The first-order valence-corrected chi connectivity index (χ1v) is 6.34. The smallest absolute Gasteiger partial charge is 0.432 e. The maximum Gasteiger partial charge on any atom is 0.432 e. The molecular formula is C15H17F3O3. The lowest BCUT2D eigenvalue weighted by atomic mass is 9.92. The molecule has 1 aromatic rings. The fourth-order valence-electron chi connectivity index (χ4n) is 1.91. The molecule has 1 aromatic carbocycles. The molecule has 21 heavy (non-hydrogen) atoms. The van der Waals surface area contributed by atoms with Crippen molar-refractivity contribution in [2.45, 2.75) is 31.2 Å². The largest absolute Gasteiger partial charge is 0.455 e. The zero-order chi connectivity index (χ0) is 16.1. The summed E-state index contributed by atoms with van der Waals surface area (Å²) in [4.78, 5) is 12.2. The fourth-order valence-corrected chi connectivity index (χ4v) is 1.91. The molecule has 0 spiro atoms. The molecule has 0 N–H and O–H groups in total. The van der Waals surface area contributed by atoms with Gasteiger partial charge in [-0.15, -0.1) is 0 Å². The molecule has 6 heteroatoms. The molecule has 0 bridgehead atoms. The first-order valence-electron chi connectivity index (χ1n) is 6.34. The molecule has 0 aliphatic heterocycles. The summed E-state index contributed by atoms with van der Waals surface area (Å²) in [6, 6.07) is 6.68. The molecular weight excluding hydrogens is 285 g/mol. The number of halogens is 3. The van der Waals surface area contributed by atoms with Crippen LogP contribution in [0.25, 0.3) is 0 Å². The van der Waals surface area contributed by atoms with Crippen LogP contribution in [0.1, 0.15) is 18.9 Å². The highest BCUT2D eigenvalue weighted by Gasteiger charge is 2.64. The molecule has 0 radical (unpaired) electrons. The van der Waals surface area contributed by atoms with Gasteiger partial charge in [0.1, 0.15) is 6.10 Å². The third-order valence-electron chi connectivity index (χ3n) is 3.10. The number of ether oxygens (including phenoxy) is 2. The summed E-state index contributed by atoms with van der Waals surface area (Å²) in [5.41, 5.74) is -3.48. The number of methoxy groups -OCH3 is 1. The van der Waals surface area contributed by atoms with E-state index in [1.165, 1.54) is 30.3 Å². The Labute approximate surface area is 121 Å². The van der Waals surface area contributed by atoms with Gasteiger partial charge in [-0.25, -0.2) is 4.79 Å². The lowest BCUT2D eigenvalue weighted by molar-refractivity contribution is -0.277. The highest BCUT2D eigenvalue weighted by molar-refractivity contribution is 5.83. The Morgan fingerprint density at radius 1 is 1.33 bits per heavy atom. The normalized spacial score (nSPS) is 15.9. The summed E-state index contributed by atoms with van der Waals surface area (Å²) in [7, 11) is 0.830. The Morgan fingerprint density at radius 3 is 2.29 bits per heavy atom. The first-order chi connectivity index (χ1) is 9.83. The Kier molecular flexibility index (Phi) is 5.54. The van der Waals surface area contributed by atoms with Gasteiger partial charge < -0.3 is 9.47 Å². The standard InChI is InChI=1S/C15H17F3O3/c1-4-12(5-2)21-13(19)14(20-3,15(16,17)18)11-9-7-6-8-10-11/h4,6-10,12H,1,5H2,2-3H3/t12?,14-/m1/s1. The van der Waals surface area contributed by atoms with Gasteiger partial charge in [-0.05, 0) is 6.42 Å². The average molecular weight is 302 g/mol. The van der Waals surface area contributed by atoms with E-state index in [1.807, 2.05) is 0 Å². The van der Waals surface area contributed by atoms with Crippen LogP contribution in [0.5, 0.6) is 0 Å². The van der Waals surface area contributed by atoms with Crippen molar-refractivity contribution in [2.24, 2.45) is 0 Å². The SMILES string of the molecule is C=CC(CC)OC(=O)[C@](OC)(c1ccccc1)C(F)(F)F. The van der Waals surface area contributed by atoms with Crippen LogP contribution in [0.2, 0.25) is 0 Å². The summed E-state index contributed by atoms with van der Waals surface area (Å²) in [6.45, 7) is 5.10. The maximum absolute atomic E-state index is 13.5. The minimum atomic E-state index is -4.96. The monoisotopic (exact) mass is 302 g/mol.